The molecule has 7 heteroatoms. The molecule has 0 saturated carbocycles. The molecule has 0 aromatic heterocycles. The van der Waals surface area contributed by atoms with Crippen molar-refractivity contribution in [2.45, 2.75) is 24.8 Å². The summed E-state index contributed by atoms with van der Waals surface area (Å²) in [5.74, 6) is -0.424. The lowest BCUT2D eigenvalue weighted by Gasteiger charge is -2.11. The maximum absolute atomic E-state index is 12.5. The lowest BCUT2D eigenvalue weighted by molar-refractivity contribution is -0.143. The average molecular weight is 359 g/mol. The van der Waals surface area contributed by atoms with E-state index < -0.39 is 22.1 Å². The van der Waals surface area contributed by atoms with Crippen LogP contribution >= 0.6 is 0 Å². The van der Waals surface area contributed by atoms with Crippen molar-refractivity contribution in [2.75, 3.05) is 6.61 Å². The van der Waals surface area contributed by atoms with Gasteiger partial charge in [0.1, 0.15) is 6.61 Å². The van der Waals surface area contributed by atoms with Crippen molar-refractivity contribution in [3.8, 4) is 0 Å². The highest BCUT2D eigenvalue weighted by molar-refractivity contribution is 7.90. The average Bonchev–Trinajstić information content (AvgIpc) is 2.91. The molecule has 3 rings (SSSR count). The van der Waals surface area contributed by atoms with Gasteiger partial charge >= 0.3 is 5.97 Å². The van der Waals surface area contributed by atoms with E-state index in [4.69, 9.17) is 9.47 Å². The van der Waals surface area contributed by atoms with Crippen LogP contribution in [0.15, 0.2) is 57.8 Å². The van der Waals surface area contributed by atoms with Gasteiger partial charge in [-0.25, -0.2) is 0 Å². The van der Waals surface area contributed by atoms with Crippen LogP contribution in [0, 0.1) is 6.92 Å². The van der Waals surface area contributed by atoms with E-state index in [0.29, 0.717) is 5.56 Å². The standard InChI is InChI=1S/C18H17NO5S/c1-12-7-9-14(10-8-12)25(21,22)19-18-16-6-4-3-5-15(16)17(24-18)11-23-13(2)20/h3-10,17H,11H2,1-2H3/b19-18-/t17-/m1/s1. The first-order valence-electron chi connectivity index (χ1n) is 7.68. The van der Waals surface area contributed by atoms with Gasteiger partial charge in [0, 0.05) is 18.1 Å². The molecule has 0 spiro atoms. The SMILES string of the molecule is CC(=O)OC[C@H]1O/C(=N\S(=O)(=O)c2ccc(C)cc2)c2ccccc21. The van der Waals surface area contributed by atoms with Crippen molar-refractivity contribution in [1.29, 1.82) is 0 Å². The van der Waals surface area contributed by atoms with Gasteiger partial charge in [0.15, 0.2) is 6.10 Å². The van der Waals surface area contributed by atoms with E-state index in [-0.39, 0.29) is 17.4 Å². The Morgan fingerprint density at radius 2 is 1.84 bits per heavy atom. The number of hydrogen-bond acceptors (Lipinski definition) is 5. The second kappa shape index (κ2) is 6.68. The Morgan fingerprint density at radius 3 is 2.52 bits per heavy atom. The van der Waals surface area contributed by atoms with Crippen LogP contribution in [0.4, 0.5) is 0 Å². The Hall–Kier alpha value is -2.67. The predicted molar refractivity (Wildman–Crippen MR) is 91.8 cm³/mol. The van der Waals surface area contributed by atoms with Gasteiger partial charge < -0.3 is 9.47 Å². The second-order valence-electron chi connectivity index (χ2n) is 5.68. The normalized spacial score (nSPS) is 17.8. The highest BCUT2D eigenvalue weighted by atomic mass is 32.2. The first kappa shape index (κ1) is 17.2. The summed E-state index contributed by atoms with van der Waals surface area (Å²) >= 11 is 0. The lowest BCUT2D eigenvalue weighted by Crippen LogP contribution is -2.11. The third-order valence-electron chi connectivity index (χ3n) is 3.75. The fraction of sp³-hybridized carbons (Fsp3) is 0.222. The van der Waals surface area contributed by atoms with Crippen molar-refractivity contribution in [1.82, 2.24) is 0 Å². The molecule has 2 aromatic rings. The van der Waals surface area contributed by atoms with Crippen LogP contribution < -0.4 is 0 Å². The molecule has 0 N–H and O–H groups in total. The largest absolute Gasteiger partial charge is 0.465 e. The van der Waals surface area contributed by atoms with E-state index in [1.807, 2.05) is 6.92 Å². The van der Waals surface area contributed by atoms with Crippen LogP contribution in [-0.2, 0) is 24.3 Å². The number of carbonyl (C=O) groups excluding carboxylic acids is 1. The molecule has 0 fully saturated rings. The fourth-order valence-corrected chi connectivity index (χ4v) is 3.44. The zero-order chi connectivity index (χ0) is 18.0. The van der Waals surface area contributed by atoms with Crippen LogP contribution in [-0.4, -0.2) is 26.9 Å². The summed E-state index contributed by atoms with van der Waals surface area (Å²) < 4.78 is 39.6. The molecule has 0 bridgehead atoms. The van der Waals surface area contributed by atoms with Crippen molar-refractivity contribution < 1.29 is 22.7 Å². The molecule has 0 unspecified atom stereocenters. The van der Waals surface area contributed by atoms with Gasteiger partial charge in [0.25, 0.3) is 10.0 Å². The molecule has 1 aliphatic heterocycles. The van der Waals surface area contributed by atoms with Crippen LogP contribution in [0.2, 0.25) is 0 Å². The van der Waals surface area contributed by atoms with Crippen molar-refractivity contribution >= 4 is 21.9 Å². The molecular weight excluding hydrogens is 342 g/mol. The number of carbonyl (C=O) groups is 1. The monoisotopic (exact) mass is 359 g/mol. The summed E-state index contributed by atoms with van der Waals surface area (Å²) in [6, 6.07) is 13.5. The summed E-state index contributed by atoms with van der Waals surface area (Å²) in [7, 11) is -3.90. The third kappa shape index (κ3) is 3.71. The molecule has 0 aliphatic carbocycles. The minimum atomic E-state index is -3.90. The molecule has 0 amide bonds. The van der Waals surface area contributed by atoms with Crippen molar-refractivity contribution in [3.63, 3.8) is 0 Å². The Labute approximate surface area is 146 Å². The number of rotatable bonds is 4. The molecule has 2 aromatic carbocycles. The van der Waals surface area contributed by atoms with Gasteiger partial charge in [-0.1, -0.05) is 35.9 Å². The van der Waals surface area contributed by atoms with Crippen LogP contribution in [0.3, 0.4) is 0 Å². The summed E-state index contributed by atoms with van der Waals surface area (Å²) in [4.78, 5) is 11.1. The minimum Gasteiger partial charge on any atom is -0.465 e. The highest BCUT2D eigenvalue weighted by Crippen LogP contribution is 2.32. The Morgan fingerprint density at radius 1 is 1.16 bits per heavy atom. The summed E-state index contributed by atoms with van der Waals surface area (Å²) in [5, 5.41) is 0. The molecule has 25 heavy (non-hydrogen) atoms. The van der Waals surface area contributed by atoms with Crippen LogP contribution in [0.5, 0.6) is 0 Å². The van der Waals surface area contributed by atoms with E-state index in [2.05, 4.69) is 4.40 Å². The van der Waals surface area contributed by atoms with Crippen LogP contribution in [0.25, 0.3) is 0 Å². The topological polar surface area (TPSA) is 82.0 Å². The molecular formula is C18H17NO5S. The van der Waals surface area contributed by atoms with Gasteiger partial charge in [-0.2, -0.15) is 8.42 Å². The molecule has 1 atom stereocenters. The number of hydrogen-bond donors (Lipinski definition) is 0. The summed E-state index contributed by atoms with van der Waals surface area (Å²) in [6.45, 7) is 3.17. The Kier molecular flexibility index (Phi) is 4.59. The number of esters is 1. The maximum atomic E-state index is 12.5. The highest BCUT2D eigenvalue weighted by Gasteiger charge is 2.31. The summed E-state index contributed by atoms with van der Waals surface area (Å²) in [6.07, 6.45) is -0.577. The predicted octanol–water partition coefficient (Wildman–Crippen LogP) is 2.76. The first-order chi connectivity index (χ1) is 11.9. The molecule has 1 heterocycles. The van der Waals surface area contributed by atoms with Gasteiger partial charge in [-0.05, 0) is 25.1 Å². The fourth-order valence-electron chi connectivity index (χ4n) is 2.49. The van der Waals surface area contributed by atoms with E-state index in [1.54, 1.807) is 36.4 Å². The van der Waals surface area contributed by atoms with E-state index in [0.717, 1.165) is 11.1 Å². The number of aryl methyl sites for hydroxylation is 1. The molecule has 0 saturated heterocycles. The lowest BCUT2D eigenvalue weighted by atomic mass is 10.1. The van der Waals surface area contributed by atoms with E-state index >= 15 is 0 Å². The van der Waals surface area contributed by atoms with Gasteiger partial charge in [-0.15, -0.1) is 4.40 Å². The maximum Gasteiger partial charge on any atom is 0.302 e. The summed E-state index contributed by atoms with van der Waals surface area (Å²) in [5.41, 5.74) is 2.27. The molecule has 6 nitrogen and oxygen atoms in total. The van der Waals surface area contributed by atoms with Crippen molar-refractivity contribution in [2.24, 2.45) is 4.40 Å². The van der Waals surface area contributed by atoms with E-state index in [9.17, 15) is 13.2 Å². The second-order valence-corrected chi connectivity index (χ2v) is 7.28. The molecule has 130 valence electrons. The first-order valence-corrected chi connectivity index (χ1v) is 9.12. The van der Waals surface area contributed by atoms with Crippen molar-refractivity contribution in [3.05, 3.63) is 65.2 Å². The van der Waals surface area contributed by atoms with Gasteiger partial charge in [0.2, 0.25) is 5.90 Å². The number of fused-ring (bicyclic) bond motifs is 1. The molecule has 1 aliphatic rings. The quantitative estimate of drug-likeness (QED) is 0.784. The van der Waals surface area contributed by atoms with Gasteiger partial charge in [0.05, 0.1) is 4.90 Å². The van der Waals surface area contributed by atoms with Gasteiger partial charge in [-0.3, -0.25) is 4.79 Å². The number of sulfonamides is 1. The minimum absolute atomic E-state index is 0.00402. The number of nitrogens with zero attached hydrogens (tertiary/aromatic N) is 1. The third-order valence-corrected chi connectivity index (χ3v) is 5.03. The number of ether oxygens (including phenoxy) is 2. The number of benzene rings is 2. The van der Waals surface area contributed by atoms with E-state index in [1.165, 1.54) is 19.1 Å². The molecule has 0 radical (unpaired) electrons. The zero-order valence-electron chi connectivity index (χ0n) is 13.8. The smallest absolute Gasteiger partial charge is 0.302 e. The Bertz CT molecular complexity index is 932. The van der Waals surface area contributed by atoms with Crippen LogP contribution in [0.1, 0.15) is 29.7 Å². The zero-order valence-corrected chi connectivity index (χ0v) is 14.6. The Balaban J connectivity index is 1.95.